The highest BCUT2D eigenvalue weighted by atomic mass is 19.4. The number of benzene rings is 1. The van der Waals surface area contributed by atoms with Crippen molar-refractivity contribution in [3.05, 3.63) is 35.4 Å². The summed E-state index contributed by atoms with van der Waals surface area (Å²) < 4.78 is 37.7. The third kappa shape index (κ3) is 7.19. The van der Waals surface area contributed by atoms with Crippen molar-refractivity contribution in [1.29, 1.82) is 0 Å². The number of aliphatic imine (C=N–C) groups is 1. The average Bonchev–Trinajstić information content (AvgIpc) is 3.10. The average molecular weight is 412 g/mol. The Morgan fingerprint density at radius 3 is 2.72 bits per heavy atom. The van der Waals surface area contributed by atoms with E-state index in [1.807, 2.05) is 6.92 Å². The number of halogens is 3. The molecule has 5 nitrogen and oxygen atoms in total. The van der Waals surface area contributed by atoms with Crippen LogP contribution >= 0.6 is 0 Å². The van der Waals surface area contributed by atoms with Gasteiger partial charge in [0.1, 0.15) is 0 Å². The summed E-state index contributed by atoms with van der Waals surface area (Å²) >= 11 is 0. The van der Waals surface area contributed by atoms with Crippen LogP contribution in [0.25, 0.3) is 0 Å². The highest BCUT2D eigenvalue weighted by molar-refractivity contribution is 5.80. The van der Waals surface area contributed by atoms with Crippen LogP contribution in [0.1, 0.15) is 30.9 Å². The molecule has 0 aromatic heterocycles. The van der Waals surface area contributed by atoms with Gasteiger partial charge in [0.2, 0.25) is 0 Å². The number of guanidine groups is 1. The minimum atomic E-state index is -4.14. The molecule has 0 aliphatic carbocycles. The summed E-state index contributed by atoms with van der Waals surface area (Å²) in [5.74, 6) is 0.704. The summed E-state index contributed by atoms with van der Waals surface area (Å²) in [6.07, 6.45) is -1.38. The molecule has 0 radical (unpaired) electrons. The summed E-state index contributed by atoms with van der Waals surface area (Å²) in [6, 6.07) is 8.62. The molecule has 1 saturated heterocycles. The van der Waals surface area contributed by atoms with E-state index in [2.05, 4.69) is 44.8 Å². The molecule has 2 aliphatic heterocycles. The van der Waals surface area contributed by atoms with Gasteiger partial charge in [0.15, 0.2) is 5.96 Å². The summed E-state index contributed by atoms with van der Waals surface area (Å²) in [6.45, 7) is 6.53. The Morgan fingerprint density at radius 2 is 1.97 bits per heavy atom. The van der Waals surface area contributed by atoms with Crippen molar-refractivity contribution in [1.82, 2.24) is 20.4 Å². The third-order valence-electron chi connectivity index (χ3n) is 5.47. The summed E-state index contributed by atoms with van der Waals surface area (Å²) in [5.41, 5.74) is 2.87. The van der Waals surface area contributed by atoms with Crippen LogP contribution in [-0.2, 0) is 13.0 Å². The largest absolute Gasteiger partial charge is 0.401 e. The van der Waals surface area contributed by atoms with Gasteiger partial charge in [-0.25, -0.2) is 0 Å². The predicted molar refractivity (Wildman–Crippen MR) is 110 cm³/mol. The van der Waals surface area contributed by atoms with E-state index < -0.39 is 12.7 Å². The lowest BCUT2D eigenvalue weighted by atomic mass is 10.00. The maximum absolute atomic E-state index is 12.6. The molecule has 2 heterocycles. The second-order valence-corrected chi connectivity index (χ2v) is 7.89. The van der Waals surface area contributed by atoms with Crippen LogP contribution in [-0.4, -0.2) is 73.8 Å². The van der Waals surface area contributed by atoms with E-state index in [9.17, 15) is 13.2 Å². The van der Waals surface area contributed by atoms with Crippen LogP contribution in [0, 0.1) is 0 Å². The Labute approximate surface area is 171 Å². The molecule has 1 fully saturated rings. The Bertz CT molecular complexity index is 677. The van der Waals surface area contributed by atoms with E-state index in [0.717, 1.165) is 39.0 Å². The minimum absolute atomic E-state index is 0.00810. The fourth-order valence-electron chi connectivity index (χ4n) is 4.09. The molecular formula is C21H32F3N5. The minimum Gasteiger partial charge on any atom is -0.357 e. The monoisotopic (exact) mass is 411 g/mol. The van der Waals surface area contributed by atoms with Gasteiger partial charge >= 0.3 is 6.18 Å². The first-order chi connectivity index (χ1) is 13.9. The first kappa shape index (κ1) is 21.9. The smallest absolute Gasteiger partial charge is 0.357 e. The highest BCUT2D eigenvalue weighted by Crippen LogP contribution is 2.20. The van der Waals surface area contributed by atoms with Crippen LogP contribution in [0.3, 0.4) is 0 Å². The van der Waals surface area contributed by atoms with Crippen LogP contribution in [0.4, 0.5) is 13.2 Å². The lowest BCUT2D eigenvalue weighted by molar-refractivity contribution is -0.143. The van der Waals surface area contributed by atoms with Gasteiger partial charge in [-0.1, -0.05) is 24.3 Å². The molecule has 162 valence electrons. The second kappa shape index (κ2) is 10.3. The Kier molecular flexibility index (Phi) is 7.77. The van der Waals surface area contributed by atoms with E-state index in [-0.39, 0.29) is 6.04 Å². The number of hydrogen-bond donors (Lipinski definition) is 2. The Balaban J connectivity index is 1.41. The molecule has 1 atom stereocenters. The number of rotatable bonds is 7. The van der Waals surface area contributed by atoms with E-state index in [4.69, 9.17) is 0 Å². The summed E-state index contributed by atoms with van der Waals surface area (Å²) in [4.78, 5) is 8.55. The van der Waals surface area contributed by atoms with E-state index >= 15 is 0 Å². The molecule has 8 heteroatoms. The van der Waals surface area contributed by atoms with Gasteiger partial charge in [-0.3, -0.25) is 14.8 Å². The quantitative estimate of drug-likeness (QED) is 0.411. The molecule has 2 aliphatic rings. The van der Waals surface area contributed by atoms with Crippen molar-refractivity contribution in [3.63, 3.8) is 0 Å². The zero-order valence-corrected chi connectivity index (χ0v) is 17.1. The van der Waals surface area contributed by atoms with E-state index in [0.29, 0.717) is 32.0 Å². The number of fused-ring (bicyclic) bond motifs is 1. The van der Waals surface area contributed by atoms with Crippen molar-refractivity contribution < 1.29 is 13.2 Å². The molecule has 0 amide bonds. The molecular weight excluding hydrogens is 379 g/mol. The zero-order valence-electron chi connectivity index (χ0n) is 17.1. The highest BCUT2D eigenvalue weighted by Gasteiger charge is 2.34. The van der Waals surface area contributed by atoms with Crippen LogP contribution in [0.15, 0.2) is 29.3 Å². The summed E-state index contributed by atoms with van der Waals surface area (Å²) in [5, 5.41) is 6.51. The lowest BCUT2D eigenvalue weighted by Crippen LogP contribution is -2.45. The maximum atomic E-state index is 12.6. The van der Waals surface area contributed by atoms with E-state index in [1.165, 1.54) is 16.0 Å². The van der Waals surface area contributed by atoms with Gasteiger partial charge in [-0.2, -0.15) is 13.2 Å². The van der Waals surface area contributed by atoms with Crippen molar-refractivity contribution in [2.24, 2.45) is 4.99 Å². The van der Waals surface area contributed by atoms with Gasteiger partial charge in [0, 0.05) is 51.9 Å². The van der Waals surface area contributed by atoms with E-state index in [1.54, 1.807) is 0 Å². The predicted octanol–water partition coefficient (Wildman–Crippen LogP) is 2.63. The molecule has 3 rings (SSSR count). The third-order valence-corrected chi connectivity index (χ3v) is 5.47. The van der Waals surface area contributed by atoms with Gasteiger partial charge in [-0.05, 0) is 37.3 Å². The van der Waals surface area contributed by atoms with Crippen LogP contribution < -0.4 is 10.6 Å². The molecule has 1 aromatic rings. The fourth-order valence-corrected chi connectivity index (χ4v) is 4.09. The van der Waals surface area contributed by atoms with Gasteiger partial charge in [0.25, 0.3) is 0 Å². The van der Waals surface area contributed by atoms with Crippen molar-refractivity contribution in [2.45, 2.75) is 44.9 Å². The van der Waals surface area contributed by atoms with Gasteiger partial charge in [-0.15, -0.1) is 0 Å². The first-order valence-electron chi connectivity index (χ1n) is 10.6. The molecule has 0 saturated carbocycles. The van der Waals surface area contributed by atoms with Crippen LogP contribution in [0.2, 0.25) is 0 Å². The molecule has 0 bridgehead atoms. The lowest BCUT2D eigenvalue weighted by Gasteiger charge is -2.28. The van der Waals surface area contributed by atoms with Crippen molar-refractivity contribution in [3.8, 4) is 0 Å². The van der Waals surface area contributed by atoms with Crippen molar-refractivity contribution in [2.75, 3.05) is 45.8 Å². The maximum Gasteiger partial charge on any atom is 0.401 e. The van der Waals surface area contributed by atoms with Gasteiger partial charge < -0.3 is 10.6 Å². The topological polar surface area (TPSA) is 42.9 Å². The number of likely N-dealkylation sites (tertiary alicyclic amines) is 1. The number of nitrogens with zero attached hydrogens (tertiary/aromatic N) is 3. The molecule has 0 spiro atoms. The van der Waals surface area contributed by atoms with Crippen LogP contribution in [0.5, 0.6) is 0 Å². The normalized spacial score (nSPS) is 21.2. The standard InChI is InChI=1S/C21H32F3N5/c1-2-25-20(27-19-9-13-29(15-19)16-21(22,23)24)26-10-5-11-28-12-8-17-6-3-4-7-18(17)14-28/h3-4,6-7,19H,2,5,8-16H2,1H3,(H2,25,26,27). The molecule has 1 aromatic carbocycles. The Hall–Kier alpha value is -1.80. The second-order valence-electron chi connectivity index (χ2n) is 7.89. The van der Waals surface area contributed by atoms with Crippen molar-refractivity contribution >= 4 is 5.96 Å². The number of nitrogens with one attached hydrogen (secondary N) is 2. The fraction of sp³-hybridized carbons (Fsp3) is 0.667. The zero-order chi connectivity index (χ0) is 20.7. The Morgan fingerprint density at radius 1 is 1.17 bits per heavy atom. The first-order valence-corrected chi connectivity index (χ1v) is 10.6. The van der Waals surface area contributed by atoms with Gasteiger partial charge in [0.05, 0.1) is 6.54 Å². The molecule has 29 heavy (non-hydrogen) atoms. The summed E-state index contributed by atoms with van der Waals surface area (Å²) in [7, 11) is 0. The SMILES string of the molecule is CCNC(=NCCCN1CCc2ccccc2C1)NC1CCN(CC(F)(F)F)C1. The number of hydrogen-bond acceptors (Lipinski definition) is 3. The number of alkyl halides is 3. The molecule has 1 unspecified atom stereocenters. The molecule has 2 N–H and O–H groups in total.